The zero-order chi connectivity index (χ0) is 15.5. The molecule has 8 nitrogen and oxygen atoms in total. The van der Waals surface area contributed by atoms with Crippen molar-refractivity contribution in [3.05, 3.63) is 30.3 Å². The number of hydrazine groups is 1. The van der Waals surface area contributed by atoms with Gasteiger partial charge in [-0.1, -0.05) is 18.2 Å². The third-order valence-corrected chi connectivity index (χ3v) is 4.17. The number of nitrogens with one attached hydrogen (secondary N) is 1. The molecule has 1 aromatic rings. The van der Waals surface area contributed by atoms with Crippen LogP contribution < -0.4 is 4.83 Å². The summed E-state index contributed by atoms with van der Waals surface area (Å²) in [4.78, 5) is 24.8. The molecule has 2 N–H and O–H groups in total. The highest BCUT2D eigenvalue weighted by molar-refractivity contribution is 7.89. The zero-order valence-corrected chi connectivity index (χ0v) is 11.7. The highest BCUT2D eigenvalue weighted by Crippen LogP contribution is 2.12. The standard InChI is InChI=1S/C12H14N2O6S/c15-11(16)8-10-12(17)14(6-7-20-10)13-21(18,19)9-4-2-1-3-5-9/h1-5,10,13H,6-8H2,(H,15,16)/t10-/m0/s1. The van der Waals surface area contributed by atoms with Crippen LogP contribution in [0.25, 0.3) is 0 Å². The van der Waals surface area contributed by atoms with E-state index in [0.717, 1.165) is 5.01 Å². The molecule has 0 bridgehead atoms. The molecule has 0 aliphatic carbocycles. The van der Waals surface area contributed by atoms with Crippen LogP contribution in [0.5, 0.6) is 0 Å². The number of carboxylic acid groups (broad SMARTS) is 1. The van der Waals surface area contributed by atoms with Gasteiger partial charge < -0.3 is 9.84 Å². The fourth-order valence-corrected chi connectivity index (χ4v) is 2.93. The van der Waals surface area contributed by atoms with Crippen LogP contribution in [0.15, 0.2) is 35.2 Å². The molecule has 1 saturated heterocycles. The predicted molar refractivity (Wildman–Crippen MR) is 70.5 cm³/mol. The van der Waals surface area contributed by atoms with Crippen LogP contribution in [-0.2, 0) is 24.3 Å². The summed E-state index contributed by atoms with van der Waals surface area (Å²) in [6.07, 6.45) is -1.70. The highest BCUT2D eigenvalue weighted by atomic mass is 32.2. The molecule has 1 aliphatic rings. The van der Waals surface area contributed by atoms with Crippen LogP contribution in [0.2, 0.25) is 0 Å². The molecule has 9 heteroatoms. The molecule has 1 fully saturated rings. The van der Waals surface area contributed by atoms with Gasteiger partial charge in [0, 0.05) is 0 Å². The Kier molecular flexibility index (Phi) is 4.56. The first-order chi connectivity index (χ1) is 9.90. The van der Waals surface area contributed by atoms with Crippen LogP contribution >= 0.6 is 0 Å². The van der Waals surface area contributed by atoms with Crippen LogP contribution in [0.1, 0.15) is 6.42 Å². The van der Waals surface area contributed by atoms with Crippen molar-refractivity contribution in [2.24, 2.45) is 0 Å². The van der Waals surface area contributed by atoms with Crippen molar-refractivity contribution in [1.29, 1.82) is 0 Å². The second kappa shape index (κ2) is 6.20. The molecule has 0 spiro atoms. The maximum atomic E-state index is 12.1. The van der Waals surface area contributed by atoms with Gasteiger partial charge in [-0.25, -0.2) is 8.42 Å². The summed E-state index contributed by atoms with van der Waals surface area (Å²) in [6.45, 7) is 0.0714. The Morgan fingerprint density at radius 1 is 1.38 bits per heavy atom. The number of nitrogens with zero attached hydrogens (tertiary/aromatic N) is 1. The topological polar surface area (TPSA) is 113 Å². The number of rotatable bonds is 5. The van der Waals surface area contributed by atoms with E-state index in [9.17, 15) is 18.0 Å². The number of sulfonamides is 1. The summed E-state index contributed by atoms with van der Waals surface area (Å²) >= 11 is 0. The number of hydrogen-bond acceptors (Lipinski definition) is 5. The average molecular weight is 314 g/mol. The third-order valence-electron chi connectivity index (χ3n) is 2.82. The molecular weight excluding hydrogens is 300 g/mol. The molecule has 0 unspecified atom stereocenters. The van der Waals surface area contributed by atoms with Crippen LogP contribution in [0.4, 0.5) is 0 Å². The van der Waals surface area contributed by atoms with E-state index in [1.54, 1.807) is 18.2 Å². The van der Waals surface area contributed by atoms with E-state index in [-0.39, 0.29) is 18.0 Å². The Labute approximate surface area is 121 Å². The van der Waals surface area contributed by atoms with E-state index in [1.165, 1.54) is 12.1 Å². The Morgan fingerprint density at radius 2 is 2.05 bits per heavy atom. The number of morpholine rings is 1. The molecule has 1 amide bonds. The van der Waals surface area contributed by atoms with Gasteiger partial charge >= 0.3 is 5.97 Å². The number of ether oxygens (including phenoxy) is 1. The van der Waals surface area contributed by atoms with Crippen molar-refractivity contribution < 1.29 is 27.9 Å². The third kappa shape index (κ3) is 3.78. The summed E-state index contributed by atoms with van der Waals surface area (Å²) in [5.74, 6) is -1.91. The summed E-state index contributed by atoms with van der Waals surface area (Å²) in [5, 5.41) is 9.57. The highest BCUT2D eigenvalue weighted by Gasteiger charge is 2.33. The molecule has 0 radical (unpaired) electrons. The van der Waals surface area contributed by atoms with Crippen molar-refractivity contribution in [3.8, 4) is 0 Å². The Hall–Kier alpha value is -1.97. The lowest BCUT2D eigenvalue weighted by Gasteiger charge is -2.31. The van der Waals surface area contributed by atoms with Gasteiger partial charge in [-0.3, -0.25) is 14.6 Å². The normalized spacial score (nSPS) is 19.5. The summed E-state index contributed by atoms with van der Waals surface area (Å²) in [6, 6.07) is 7.57. The molecule has 1 aliphatic heterocycles. The first kappa shape index (κ1) is 15.4. The summed E-state index contributed by atoms with van der Waals surface area (Å²) in [5.41, 5.74) is 0. The number of carbonyl (C=O) groups is 2. The summed E-state index contributed by atoms with van der Waals surface area (Å²) < 4.78 is 29.3. The van der Waals surface area contributed by atoms with Gasteiger partial charge in [-0.05, 0) is 12.1 Å². The van der Waals surface area contributed by atoms with E-state index in [1.807, 2.05) is 0 Å². The molecule has 0 saturated carbocycles. The van der Waals surface area contributed by atoms with Crippen molar-refractivity contribution >= 4 is 21.9 Å². The van der Waals surface area contributed by atoms with E-state index in [2.05, 4.69) is 4.83 Å². The Bertz CT molecular complexity index is 630. The van der Waals surface area contributed by atoms with Gasteiger partial charge in [0.15, 0.2) is 0 Å². The van der Waals surface area contributed by atoms with Crippen molar-refractivity contribution in [2.75, 3.05) is 13.2 Å². The molecule has 0 aromatic heterocycles. The maximum Gasteiger partial charge on any atom is 0.306 e. The van der Waals surface area contributed by atoms with E-state index in [4.69, 9.17) is 9.84 Å². The lowest BCUT2D eigenvalue weighted by Crippen LogP contribution is -2.55. The van der Waals surface area contributed by atoms with Crippen LogP contribution in [0, 0.1) is 0 Å². The number of carboxylic acids is 1. The minimum atomic E-state index is -3.89. The lowest BCUT2D eigenvalue weighted by atomic mass is 10.2. The molecule has 21 heavy (non-hydrogen) atoms. The lowest BCUT2D eigenvalue weighted by molar-refractivity contribution is -0.161. The molecule has 2 rings (SSSR count). The minimum absolute atomic E-state index is 0.0130. The molecule has 1 atom stereocenters. The molecular formula is C12H14N2O6S. The van der Waals surface area contributed by atoms with Crippen LogP contribution in [-0.4, -0.2) is 49.7 Å². The van der Waals surface area contributed by atoms with E-state index >= 15 is 0 Å². The second-order valence-corrected chi connectivity index (χ2v) is 6.02. The SMILES string of the molecule is O=C(O)C[C@@H]1OCCN(NS(=O)(=O)c2ccccc2)C1=O. The Balaban J connectivity index is 2.12. The monoisotopic (exact) mass is 314 g/mol. The quantitative estimate of drug-likeness (QED) is 0.763. The van der Waals surface area contributed by atoms with E-state index < -0.39 is 34.4 Å². The molecule has 1 heterocycles. The molecule has 114 valence electrons. The second-order valence-electron chi connectivity index (χ2n) is 4.35. The summed E-state index contributed by atoms with van der Waals surface area (Å²) in [7, 11) is -3.89. The fourth-order valence-electron chi connectivity index (χ4n) is 1.83. The molecule has 1 aromatic carbocycles. The first-order valence-corrected chi connectivity index (χ1v) is 7.61. The first-order valence-electron chi connectivity index (χ1n) is 6.12. The van der Waals surface area contributed by atoms with E-state index in [0.29, 0.717) is 0 Å². The number of aliphatic carboxylic acids is 1. The van der Waals surface area contributed by atoms with Crippen LogP contribution in [0.3, 0.4) is 0 Å². The number of hydrogen-bond donors (Lipinski definition) is 2. The minimum Gasteiger partial charge on any atom is -0.481 e. The van der Waals surface area contributed by atoms with Gasteiger partial charge in [0.1, 0.15) is 6.10 Å². The average Bonchev–Trinajstić information content (AvgIpc) is 2.44. The van der Waals surface area contributed by atoms with Crippen molar-refractivity contribution in [3.63, 3.8) is 0 Å². The smallest absolute Gasteiger partial charge is 0.306 e. The predicted octanol–water partition coefficient (Wildman–Crippen LogP) is -0.418. The maximum absolute atomic E-state index is 12.1. The van der Waals surface area contributed by atoms with Gasteiger partial charge in [-0.2, -0.15) is 0 Å². The van der Waals surface area contributed by atoms with Gasteiger partial charge in [0.25, 0.3) is 15.9 Å². The van der Waals surface area contributed by atoms with Gasteiger partial charge in [0.2, 0.25) is 0 Å². The largest absolute Gasteiger partial charge is 0.481 e. The fraction of sp³-hybridized carbons (Fsp3) is 0.333. The van der Waals surface area contributed by atoms with Crippen molar-refractivity contribution in [1.82, 2.24) is 9.84 Å². The Morgan fingerprint density at radius 3 is 2.67 bits per heavy atom. The van der Waals surface area contributed by atoms with Crippen molar-refractivity contribution in [2.45, 2.75) is 17.4 Å². The van der Waals surface area contributed by atoms with Gasteiger partial charge in [-0.15, -0.1) is 4.83 Å². The number of carbonyl (C=O) groups excluding carboxylic acids is 1. The number of amides is 1. The zero-order valence-electron chi connectivity index (χ0n) is 10.9. The number of benzene rings is 1. The van der Waals surface area contributed by atoms with Gasteiger partial charge in [0.05, 0.1) is 24.5 Å².